The van der Waals surface area contributed by atoms with Crippen LogP contribution in [0.15, 0.2) is 65.3 Å². The molecule has 0 spiro atoms. The van der Waals surface area contributed by atoms with Gasteiger partial charge >= 0.3 is 0 Å². The van der Waals surface area contributed by atoms with Crippen molar-refractivity contribution in [3.63, 3.8) is 0 Å². The number of methoxy groups -OCH3 is 1. The third-order valence-electron chi connectivity index (χ3n) is 5.38. The number of hydrogen-bond donors (Lipinski definition) is 1. The van der Waals surface area contributed by atoms with Crippen LogP contribution < -0.4 is 10.1 Å². The number of aryl methyl sites for hydroxylation is 2. The molecule has 3 aromatic carbocycles. The van der Waals surface area contributed by atoms with Gasteiger partial charge in [0.2, 0.25) is 5.91 Å². The summed E-state index contributed by atoms with van der Waals surface area (Å²) >= 11 is 12.5. The standard InChI is InChI=1S/C27H23Cl2NO3/c1-15-7-16(2)9-19(8-15)30-27(31)10-17(3)21-12-22-23(14-33-26(22)13-25(21)32-4)20-6-5-18(28)11-24(20)29/h5-14H,1-4H3,(H,30,31)/b17-10+. The first kappa shape index (κ1) is 23.0. The Morgan fingerprint density at radius 1 is 1.00 bits per heavy atom. The van der Waals surface area contributed by atoms with E-state index in [-0.39, 0.29) is 5.91 Å². The Bertz CT molecular complexity index is 1380. The molecule has 0 saturated carbocycles. The Labute approximate surface area is 202 Å². The molecule has 4 rings (SSSR count). The summed E-state index contributed by atoms with van der Waals surface area (Å²) < 4.78 is 11.4. The van der Waals surface area contributed by atoms with Crippen LogP contribution in [0, 0.1) is 13.8 Å². The summed E-state index contributed by atoms with van der Waals surface area (Å²) in [4.78, 5) is 12.7. The molecular formula is C27H23Cl2NO3. The maximum atomic E-state index is 12.7. The molecule has 33 heavy (non-hydrogen) atoms. The highest BCUT2D eigenvalue weighted by Crippen LogP contribution is 2.40. The van der Waals surface area contributed by atoms with Crippen LogP contribution in [0.2, 0.25) is 10.0 Å². The Kier molecular flexibility index (Phi) is 6.50. The average Bonchev–Trinajstić information content (AvgIpc) is 3.14. The summed E-state index contributed by atoms with van der Waals surface area (Å²) in [5.74, 6) is 0.395. The molecule has 0 aliphatic carbocycles. The number of anilines is 1. The third kappa shape index (κ3) is 4.92. The predicted octanol–water partition coefficient (Wildman–Crippen LogP) is 8.07. The number of hydrogen-bond acceptors (Lipinski definition) is 3. The van der Waals surface area contributed by atoms with Gasteiger partial charge in [0.05, 0.1) is 18.4 Å². The minimum Gasteiger partial charge on any atom is -0.496 e. The van der Waals surface area contributed by atoms with Crippen LogP contribution in [0.1, 0.15) is 23.6 Å². The summed E-state index contributed by atoms with van der Waals surface area (Å²) in [7, 11) is 1.59. The van der Waals surface area contributed by atoms with Crippen LogP contribution in [0.25, 0.3) is 27.7 Å². The van der Waals surface area contributed by atoms with Gasteiger partial charge < -0.3 is 14.5 Å². The van der Waals surface area contributed by atoms with Crippen molar-refractivity contribution in [1.29, 1.82) is 0 Å². The largest absolute Gasteiger partial charge is 0.496 e. The van der Waals surface area contributed by atoms with Crippen molar-refractivity contribution >= 4 is 51.3 Å². The van der Waals surface area contributed by atoms with Crippen LogP contribution in [0.5, 0.6) is 5.75 Å². The number of furan rings is 1. The van der Waals surface area contributed by atoms with Crippen LogP contribution in [-0.4, -0.2) is 13.0 Å². The summed E-state index contributed by atoms with van der Waals surface area (Å²) in [5.41, 5.74) is 6.78. The van der Waals surface area contributed by atoms with Gasteiger partial charge in [-0.3, -0.25) is 4.79 Å². The molecule has 0 saturated heterocycles. The van der Waals surface area contributed by atoms with Gasteiger partial charge in [0.25, 0.3) is 0 Å². The van der Waals surface area contributed by atoms with E-state index < -0.39 is 0 Å². The molecule has 1 heterocycles. The van der Waals surface area contributed by atoms with Crippen molar-refractivity contribution < 1.29 is 13.9 Å². The maximum absolute atomic E-state index is 12.7. The van der Waals surface area contributed by atoms with Crippen LogP contribution in [0.3, 0.4) is 0 Å². The number of carbonyl (C=O) groups is 1. The first-order valence-corrected chi connectivity index (χ1v) is 11.1. The van der Waals surface area contributed by atoms with Crippen molar-refractivity contribution in [2.75, 3.05) is 12.4 Å². The van der Waals surface area contributed by atoms with Gasteiger partial charge in [0.1, 0.15) is 11.3 Å². The fraction of sp³-hybridized carbons (Fsp3) is 0.148. The highest BCUT2D eigenvalue weighted by atomic mass is 35.5. The van der Waals surface area contributed by atoms with E-state index in [1.165, 1.54) is 0 Å². The van der Waals surface area contributed by atoms with E-state index in [0.717, 1.165) is 44.5 Å². The quantitative estimate of drug-likeness (QED) is 0.294. The van der Waals surface area contributed by atoms with Crippen LogP contribution in [-0.2, 0) is 4.79 Å². The fourth-order valence-electron chi connectivity index (χ4n) is 3.95. The van der Waals surface area contributed by atoms with Crippen molar-refractivity contribution in [1.82, 2.24) is 0 Å². The molecule has 4 aromatic rings. The summed E-state index contributed by atoms with van der Waals surface area (Å²) in [6.45, 7) is 5.87. The molecule has 0 radical (unpaired) electrons. The highest BCUT2D eigenvalue weighted by molar-refractivity contribution is 6.36. The van der Waals surface area contributed by atoms with Crippen LogP contribution in [0.4, 0.5) is 5.69 Å². The molecule has 1 amide bonds. The number of ether oxygens (including phenoxy) is 1. The summed E-state index contributed by atoms with van der Waals surface area (Å²) in [6.07, 6.45) is 3.23. The molecular weight excluding hydrogens is 457 g/mol. The number of benzene rings is 3. The van der Waals surface area contributed by atoms with Gasteiger partial charge in [0, 0.05) is 44.9 Å². The van der Waals surface area contributed by atoms with Crippen molar-refractivity contribution in [2.45, 2.75) is 20.8 Å². The Morgan fingerprint density at radius 3 is 2.39 bits per heavy atom. The number of rotatable bonds is 5. The minimum atomic E-state index is -0.215. The van der Waals surface area contributed by atoms with Crippen molar-refractivity contribution in [3.8, 4) is 16.9 Å². The fourth-order valence-corrected chi connectivity index (χ4v) is 4.46. The van der Waals surface area contributed by atoms with E-state index in [2.05, 4.69) is 11.4 Å². The second-order valence-corrected chi connectivity index (χ2v) is 8.86. The summed E-state index contributed by atoms with van der Waals surface area (Å²) in [6, 6.07) is 15.1. The van der Waals surface area contributed by atoms with Gasteiger partial charge in [-0.1, -0.05) is 35.3 Å². The molecule has 0 aliphatic heterocycles. The van der Waals surface area contributed by atoms with Gasteiger partial charge in [-0.25, -0.2) is 0 Å². The molecule has 4 nitrogen and oxygen atoms in total. The molecule has 168 valence electrons. The molecule has 0 atom stereocenters. The van der Waals surface area contributed by atoms with E-state index in [1.54, 1.807) is 31.6 Å². The molecule has 1 N–H and O–H groups in total. The van der Waals surface area contributed by atoms with Gasteiger partial charge in [-0.15, -0.1) is 0 Å². The number of fused-ring (bicyclic) bond motifs is 1. The first-order chi connectivity index (χ1) is 15.7. The van der Waals surface area contributed by atoms with E-state index in [0.29, 0.717) is 21.4 Å². The van der Waals surface area contributed by atoms with Crippen molar-refractivity contribution in [2.24, 2.45) is 0 Å². The first-order valence-electron chi connectivity index (χ1n) is 10.4. The lowest BCUT2D eigenvalue weighted by molar-refractivity contribution is -0.111. The molecule has 0 fully saturated rings. The van der Waals surface area contributed by atoms with Crippen LogP contribution >= 0.6 is 23.2 Å². The lowest BCUT2D eigenvalue weighted by atomic mass is 9.99. The van der Waals surface area contributed by atoms with E-state index >= 15 is 0 Å². The number of amides is 1. The Hall–Kier alpha value is -3.21. The van der Waals surface area contributed by atoms with Gasteiger partial charge in [-0.05, 0) is 67.8 Å². The monoisotopic (exact) mass is 479 g/mol. The lowest BCUT2D eigenvalue weighted by Gasteiger charge is -2.11. The number of carbonyl (C=O) groups excluding carboxylic acids is 1. The molecule has 1 aromatic heterocycles. The SMILES string of the molecule is COc1cc2occ(-c3ccc(Cl)cc3Cl)c2cc1/C(C)=C/C(=O)Nc1cc(C)cc(C)c1. The average molecular weight is 480 g/mol. The second kappa shape index (κ2) is 9.34. The zero-order valence-electron chi connectivity index (χ0n) is 18.8. The summed E-state index contributed by atoms with van der Waals surface area (Å²) in [5, 5.41) is 4.89. The zero-order chi connectivity index (χ0) is 23.7. The Balaban J connectivity index is 1.73. The minimum absolute atomic E-state index is 0.215. The molecule has 6 heteroatoms. The van der Waals surface area contributed by atoms with E-state index in [1.807, 2.05) is 51.1 Å². The molecule has 0 aliphatic rings. The second-order valence-electron chi connectivity index (χ2n) is 8.02. The van der Waals surface area contributed by atoms with E-state index in [9.17, 15) is 4.79 Å². The number of allylic oxidation sites excluding steroid dienone is 1. The predicted molar refractivity (Wildman–Crippen MR) is 136 cm³/mol. The normalized spacial score (nSPS) is 11.6. The van der Waals surface area contributed by atoms with E-state index in [4.69, 9.17) is 32.4 Å². The van der Waals surface area contributed by atoms with Gasteiger partial charge in [0.15, 0.2) is 0 Å². The Morgan fingerprint density at radius 2 is 1.73 bits per heavy atom. The highest BCUT2D eigenvalue weighted by Gasteiger charge is 2.16. The van der Waals surface area contributed by atoms with Crippen molar-refractivity contribution in [3.05, 3.63) is 87.6 Å². The molecule has 0 unspecified atom stereocenters. The number of halogens is 2. The zero-order valence-corrected chi connectivity index (χ0v) is 20.3. The third-order valence-corrected chi connectivity index (χ3v) is 5.93. The maximum Gasteiger partial charge on any atom is 0.248 e. The van der Waals surface area contributed by atoms with Gasteiger partial charge in [-0.2, -0.15) is 0 Å². The topological polar surface area (TPSA) is 51.5 Å². The number of nitrogens with one attached hydrogen (secondary N) is 1. The lowest BCUT2D eigenvalue weighted by Crippen LogP contribution is -2.09. The molecule has 0 bridgehead atoms. The smallest absolute Gasteiger partial charge is 0.248 e.